The maximum absolute atomic E-state index is 10.8. The van der Waals surface area contributed by atoms with E-state index in [0.29, 0.717) is 19.4 Å². The molecular weight excluding hydrogens is 204 g/mol. The second-order valence-electron chi connectivity index (χ2n) is 3.98. The Kier molecular flexibility index (Phi) is 3.44. The first kappa shape index (κ1) is 11.0. The summed E-state index contributed by atoms with van der Waals surface area (Å²) in [6, 6.07) is 7.61. The molecule has 1 aliphatic carbocycles. The van der Waals surface area contributed by atoms with Crippen molar-refractivity contribution < 1.29 is 14.3 Å². The summed E-state index contributed by atoms with van der Waals surface area (Å²) in [4.78, 5) is 10.8. The molecule has 16 heavy (non-hydrogen) atoms. The smallest absolute Gasteiger partial charge is 0.161 e. The van der Waals surface area contributed by atoms with Gasteiger partial charge < -0.3 is 9.47 Å². The second kappa shape index (κ2) is 5.01. The topological polar surface area (TPSA) is 35.5 Å². The molecule has 1 aliphatic rings. The lowest BCUT2D eigenvalue weighted by Gasteiger charge is -2.26. The number of benzene rings is 1. The first-order chi connectivity index (χ1) is 7.79. The largest absolute Gasteiger partial charge is 0.490 e. The molecule has 0 amide bonds. The van der Waals surface area contributed by atoms with Crippen molar-refractivity contribution in [2.45, 2.75) is 32.3 Å². The Morgan fingerprint density at radius 1 is 1.25 bits per heavy atom. The molecule has 3 heteroatoms. The number of hydrogen-bond donors (Lipinski definition) is 0. The van der Waals surface area contributed by atoms with Crippen LogP contribution in [0.15, 0.2) is 24.3 Å². The van der Waals surface area contributed by atoms with Crippen LogP contribution < -0.4 is 9.47 Å². The summed E-state index contributed by atoms with van der Waals surface area (Å²) >= 11 is 0. The van der Waals surface area contributed by atoms with Crippen LogP contribution in [-0.4, -0.2) is 18.5 Å². The van der Waals surface area contributed by atoms with Crippen molar-refractivity contribution in [1.82, 2.24) is 0 Å². The van der Waals surface area contributed by atoms with Gasteiger partial charge in [-0.05, 0) is 18.6 Å². The molecule has 0 aromatic heterocycles. The summed E-state index contributed by atoms with van der Waals surface area (Å²) in [5.41, 5.74) is 0. The lowest BCUT2D eigenvalue weighted by Crippen LogP contribution is -2.33. The molecule has 0 atom stereocenters. The minimum absolute atomic E-state index is 0.0406. The maximum Gasteiger partial charge on any atom is 0.161 e. The van der Waals surface area contributed by atoms with Gasteiger partial charge in [-0.25, -0.2) is 0 Å². The first-order valence-electron chi connectivity index (χ1n) is 5.69. The van der Waals surface area contributed by atoms with Crippen LogP contribution in [0.5, 0.6) is 11.5 Å². The SMILES string of the molecule is CCCOc1ccccc1OC1CC(=O)C1. The van der Waals surface area contributed by atoms with Crippen LogP contribution in [0, 0.1) is 0 Å². The fourth-order valence-electron chi connectivity index (χ4n) is 1.59. The zero-order chi connectivity index (χ0) is 11.4. The van der Waals surface area contributed by atoms with Crippen LogP contribution >= 0.6 is 0 Å². The Morgan fingerprint density at radius 2 is 1.94 bits per heavy atom. The summed E-state index contributed by atoms with van der Waals surface area (Å²) < 4.78 is 11.3. The van der Waals surface area contributed by atoms with E-state index >= 15 is 0 Å². The summed E-state index contributed by atoms with van der Waals surface area (Å²) in [6.45, 7) is 2.75. The third-order valence-corrected chi connectivity index (χ3v) is 2.52. The number of para-hydroxylation sites is 2. The standard InChI is InChI=1S/C13H16O3/c1-2-7-15-12-5-3-4-6-13(12)16-11-8-10(14)9-11/h3-6,11H,2,7-9H2,1H3. The molecule has 0 radical (unpaired) electrons. The molecule has 0 N–H and O–H groups in total. The third kappa shape index (κ3) is 2.54. The number of hydrogen-bond acceptors (Lipinski definition) is 3. The highest BCUT2D eigenvalue weighted by molar-refractivity contribution is 5.85. The Bertz CT molecular complexity index is 365. The Labute approximate surface area is 95.4 Å². The summed E-state index contributed by atoms with van der Waals surface area (Å²) in [5, 5.41) is 0. The van der Waals surface area contributed by atoms with E-state index in [2.05, 4.69) is 6.92 Å². The van der Waals surface area contributed by atoms with E-state index in [0.717, 1.165) is 17.9 Å². The van der Waals surface area contributed by atoms with Gasteiger partial charge in [0.25, 0.3) is 0 Å². The number of Topliss-reactive ketones (excluding diaryl/α,β-unsaturated/α-hetero) is 1. The molecule has 0 unspecified atom stereocenters. The van der Waals surface area contributed by atoms with Crippen LogP contribution in [-0.2, 0) is 4.79 Å². The van der Waals surface area contributed by atoms with Gasteiger partial charge in [-0.1, -0.05) is 19.1 Å². The fraction of sp³-hybridized carbons (Fsp3) is 0.462. The average molecular weight is 220 g/mol. The molecule has 86 valence electrons. The van der Waals surface area contributed by atoms with Crippen LogP contribution in [0.25, 0.3) is 0 Å². The number of ether oxygens (including phenoxy) is 2. The number of ketones is 1. The minimum atomic E-state index is 0.0406. The van der Waals surface area contributed by atoms with Gasteiger partial charge in [0.05, 0.1) is 6.61 Å². The molecule has 2 rings (SSSR count). The van der Waals surface area contributed by atoms with E-state index in [-0.39, 0.29) is 11.9 Å². The average Bonchev–Trinajstić information content (AvgIpc) is 2.26. The van der Waals surface area contributed by atoms with Gasteiger partial charge in [-0.15, -0.1) is 0 Å². The lowest BCUT2D eigenvalue weighted by atomic mass is 9.94. The van der Waals surface area contributed by atoms with Crippen molar-refractivity contribution in [2.75, 3.05) is 6.61 Å². The third-order valence-electron chi connectivity index (χ3n) is 2.52. The molecule has 0 saturated heterocycles. The van der Waals surface area contributed by atoms with Gasteiger partial charge in [0.15, 0.2) is 11.5 Å². The highest BCUT2D eigenvalue weighted by Crippen LogP contribution is 2.30. The van der Waals surface area contributed by atoms with Crippen molar-refractivity contribution in [3.05, 3.63) is 24.3 Å². The van der Waals surface area contributed by atoms with E-state index in [1.165, 1.54) is 0 Å². The summed E-state index contributed by atoms with van der Waals surface area (Å²) in [7, 11) is 0. The molecule has 0 bridgehead atoms. The molecule has 3 nitrogen and oxygen atoms in total. The summed E-state index contributed by atoms with van der Waals surface area (Å²) in [6.07, 6.45) is 2.07. The van der Waals surface area contributed by atoms with E-state index in [1.54, 1.807) is 0 Å². The maximum atomic E-state index is 10.8. The molecule has 1 aromatic rings. The lowest BCUT2D eigenvalue weighted by molar-refractivity contribution is -0.129. The van der Waals surface area contributed by atoms with Gasteiger partial charge in [-0.2, -0.15) is 0 Å². The highest BCUT2D eigenvalue weighted by atomic mass is 16.5. The molecule has 0 heterocycles. The summed E-state index contributed by atoms with van der Waals surface area (Å²) in [5.74, 6) is 1.79. The monoisotopic (exact) mass is 220 g/mol. The molecule has 1 fully saturated rings. The zero-order valence-corrected chi connectivity index (χ0v) is 9.44. The number of carbonyl (C=O) groups is 1. The molecule has 0 aliphatic heterocycles. The number of rotatable bonds is 5. The zero-order valence-electron chi connectivity index (χ0n) is 9.44. The van der Waals surface area contributed by atoms with Gasteiger partial charge >= 0.3 is 0 Å². The van der Waals surface area contributed by atoms with Gasteiger partial charge in [0.2, 0.25) is 0 Å². The highest BCUT2D eigenvalue weighted by Gasteiger charge is 2.28. The van der Waals surface area contributed by atoms with Gasteiger partial charge in [0.1, 0.15) is 11.9 Å². The van der Waals surface area contributed by atoms with Gasteiger partial charge in [0, 0.05) is 12.8 Å². The van der Waals surface area contributed by atoms with E-state index in [1.807, 2.05) is 24.3 Å². The molecule has 0 spiro atoms. The van der Waals surface area contributed by atoms with E-state index < -0.39 is 0 Å². The van der Waals surface area contributed by atoms with Gasteiger partial charge in [-0.3, -0.25) is 4.79 Å². The predicted octanol–water partition coefficient (Wildman–Crippen LogP) is 2.59. The van der Waals surface area contributed by atoms with Crippen molar-refractivity contribution >= 4 is 5.78 Å². The fourth-order valence-corrected chi connectivity index (χ4v) is 1.59. The van der Waals surface area contributed by atoms with Crippen LogP contribution in [0.2, 0.25) is 0 Å². The predicted molar refractivity (Wildman–Crippen MR) is 60.9 cm³/mol. The Balaban J connectivity index is 1.98. The Morgan fingerprint density at radius 3 is 2.56 bits per heavy atom. The molecule has 1 aromatic carbocycles. The second-order valence-corrected chi connectivity index (χ2v) is 3.98. The number of carbonyl (C=O) groups excluding carboxylic acids is 1. The van der Waals surface area contributed by atoms with Crippen molar-refractivity contribution in [3.8, 4) is 11.5 Å². The molecular formula is C13H16O3. The van der Waals surface area contributed by atoms with Crippen molar-refractivity contribution in [2.24, 2.45) is 0 Å². The van der Waals surface area contributed by atoms with E-state index in [4.69, 9.17) is 9.47 Å². The van der Waals surface area contributed by atoms with Crippen molar-refractivity contribution in [3.63, 3.8) is 0 Å². The van der Waals surface area contributed by atoms with Crippen LogP contribution in [0.1, 0.15) is 26.2 Å². The quantitative estimate of drug-likeness (QED) is 0.765. The molecule has 1 saturated carbocycles. The normalized spacial score (nSPS) is 15.7. The van der Waals surface area contributed by atoms with Crippen molar-refractivity contribution in [1.29, 1.82) is 0 Å². The Hall–Kier alpha value is -1.51. The van der Waals surface area contributed by atoms with Crippen LogP contribution in [0.3, 0.4) is 0 Å². The first-order valence-corrected chi connectivity index (χ1v) is 5.69. The van der Waals surface area contributed by atoms with Crippen LogP contribution in [0.4, 0.5) is 0 Å². The van der Waals surface area contributed by atoms with E-state index in [9.17, 15) is 4.79 Å². The minimum Gasteiger partial charge on any atom is -0.490 e.